The molecule has 12 heteroatoms. The van der Waals surface area contributed by atoms with Crippen LogP contribution in [0, 0.1) is 17.1 Å². The fourth-order valence-corrected chi connectivity index (χ4v) is 4.52. The van der Waals surface area contributed by atoms with Crippen LogP contribution in [0.2, 0.25) is 0 Å². The van der Waals surface area contributed by atoms with E-state index in [0.717, 1.165) is 18.2 Å². The molecule has 1 aromatic rings. The maximum Gasteiger partial charge on any atom is 0.336 e. The number of amides is 3. The van der Waals surface area contributed by atoms with Gasteiger partial charge in [0.15, 0.2) is 0 Å². The molecule has 4 N–H and O–H groups in total. The lowest BCUT2D eigenvalue weighted by atomic mass is 10.00. The number of fused-ring (bicyclic) bond motifs is 1. The van der Waals surface area contributed by atoms with Gasteiger partial charge in [-0.1, -0.05) is 0 Å². The number of nitriles is 1. The van der Waals surface area contributed by atoms with Crippen molar-refractivity contribution in [2.75, 3.05) is 11.9 Å². The Morgan fingerprint density at radius 3 is 2.82 bits per heavy atom. The summed E-state index contributed by atoms with van der Waals surface area (Å²) in [5.41, 5.74) is 5.71. The number of benzene rings is 1. The molecule has 0 spiro atoms. The molecular weight excluding hydrogens is 391 g/mol. The van der Waals surface area contributed by atoms with Gasteiger partial charge in [0.25, 0.3) is 10.0 Å². The molecule has 0 saturated carbocycles. The van der Waals surface area contributed by atoms with E-state index in [-0.39, 0.29) is 23.8 Å². The normalized spacial score (nSPS) is 24.5. The zero-order chi connectivity index (χ0) is 20.5. The average molecular weight is 410 g/mol. The Bertz CT molecular complexity index is 939. The largest absolute Gasteiger partial charge is 0.350 e. The number of anilines is 1. The molecular formula is C16H19FN6O4S. The standard InChI is InChI=1S/C16H19FN6O4S/c1-9(12-5-3-11(7-18)21-22-12)19-15(24)8-23-16(25)20-13-4-2-10(17)6-14(13)28(23,26)27/h2,4,6,9,11-12,21-22H,3,5,8H2,1H3,(H,19,24)(H,20,25)/t9-,11?,12?/m0/s1. The Morgan fingerprint density at radius 2 is 2.18 bits per heavy atom. The molecule has 10 nitrogen and oxygen atoms in total. The van der Waals surface area contributed by atoms with Gasteiger partial charge in [-0.25, -0.2) is 27.3 Å². The van der Waals surface area contributed by atoms with Crippen LogP contribution in [0.15, 0.2) is 23.1 Å². The number of hydrazine groups is 1. The first-order valence-corrected chi connectivity index (χ1v) is 9.99. The van der Waals surface area contributed by atoms with E-state index in [0.29, 0.717) is 17.1 Å². The first-order chi connectivity index (χ1) is 13.2. The Labute approximate surface area is 161 Å². The number of hydrogen-bond donors (Lipinski definition) is 4. The highest BCUT2D eigenvalue weighted by atomic mass is 32.2. The second-order valence-electron chi connectivity index (χ2n) is 6.59. The summed E-state index contributed by atoms with van der Waals surface area (Å²) in [5, 5.41) is 13.8. The summed E-state index contributed by atoms with van der Waals surface area (Å²) in [5.74, 6) is -1.46. The van der Waals surface area contributed by atoms with Crippen molar-refractivity contribution in [2.45, 2.75) is 42.8 Å². The lowest BCUT2D eigenvalue weighted by Crippen LogP contribution is -2.59. The van der Waals surface area contributed by atoms with Crippen molar-refractivity contribution in [3.8, 4) is 6.07 Å². The molecule has 1 fully saturated rings. The molecule has 28 heavy (non-hydrogen) atoms. The molecule has 2 heterocycles. The summed E-state index contributed by atoms with van der Waals surface area (Å²) in [7, 11) is -4.36. The van der Waals surface area contributed by atoms with Gasteiger partial charge in [0.2, 0.25) is 5.91 Å². The lowest BCUT2D eigenvalue weighted by Gasteiger charge is -2.33. The minimum absolute atomic E-state index is 0.0408. The highest BCUT2D eigenvalue weighted by Crippen LogP contribution is 2.30. The van der Waals surface area contributed by atoms with Gasteiger partial charge in [-0.15, -0.1) is 0 Å². The molecule has 150 valence electrons. The fourth-order valence-electron chi connectivity index (χ4n) is 3.08. The van der Waals surface area contributed by atoms with Crippen LogP contribution in [-0.4, -0.2) is 49.3 Å². The molecule has 2 aliphatic rings. The number of nitrogens with zero attached hydrogens (tertiary/aromatic N) is 2. The number of carbonyl (C=O) groups excluding carboxylic acids is 2. The molecule has 1 saturated heterocycles. The van der Waals surface area contributed by atoms with Gasteiger partial charge in [-0.3, -0.25) is 10.2 Å². The van der Waals surface area contributed by atoms with Gasteiger partial charge in [0.1, 0.15) is 23.3 Å². The Hall–Kier alpha value is -2.75. The van der Waals surface area contributed by atoms with E-state index >= 15 is 0 Å². The monoisotopic (exact) mass is 410 g/mol. The number of urea groups is 1. The first-order valence-electron chi connectivity index (χ1n) is 8.55. The van der Waals surface area contributed by atoms with E-state index in [1.165, 1.54) is 0 Å². The molecule has 0 radical (unpaired) electrons. The van der Waals surface area contributed by atoms with Gasteiger partial charge in [0, 0.05) is 12.1 Å². The second kappa shape index (κ2) is 7.70. The number of sulfonamides is 1. The summed E-state index contributed by atoms with van der Waals surface area (Å²) in [6, 6.07) is 3.18. The smallest absolute Gasteiger partial charge is 0.336 e. The molecule has 3 amide bonds. The Kier molecular flexibility index (Phi) is 5.50. The van der Waals surface area contributed by atoms with E-state index in [1.807, 2.05) is 0 Å². The zero-order valence-electron chi connectivity index (χ0n) is 14.9. The highest BCUT2D eigenvalue weighted by Gasteiger charge is 2.38. The van der Waals surface area contributed by atoms with Crippen LogP contribution in [0.1, 0.15) is 19.8 Å². The molecule has 0 aliphatic carbocycles. The van der Waals surface area contributed by atoms with Crippen molar-refractivity contribution in [2.24, 2.45) is 0 Å². The van der Waals surface area contributed by atoms with E-state index in [4.69, 9.17) is 5.26 Å². The van der Waals surface area contributed by atoms with Crippen molar-refractivity contribution in [1.29, 1.82) is 5.26 Å². The average Bonchev–Trinajstić information content (AvgIpc) is 2.66. The van der Waals surface area contributed by atoms with Crippen LogP contribution >= 0.6 is 0 Å². The number of halogens is 1. The minimum Gasteiger partial charge on any atom is -0.350 e. The van der Waals surface area contributed by atoms with Gasteiger partial charge in [-0.05, 0) is 38.0 Å². The summed E-state index contributed by atoms with van der Waals surface area (Å²) < 4.78 is 39.1. The molecule has 3 rings (SSSR count). The van der Waals surface area contributed by atoms with Gasteiger partial charge < -0.3 is 10.6 Å². The number of nitrogens with one attached hydrogen (secondary N) is 4. The number of rotatable bonds is 4. The minimum atomic E-state index is -4.36. The van der Waals surface area contributed by atoms with E-state index < -0.39 is 39.2 Å². The van der Waals surface area contributed by atoms with Gasteiger partial charge in [0.05, 0.1) is 11.8 Å². The fraction of sp³-hybridized carbons (Fsp3) is 0.438. The topological polar surface area (TPSA) is 143 Å². The van der Waals surface area contributed by atoms with Gasteiger partial charge in [-0.2, -0.15) is 5.26 Å². The number of carbonyl (C=O) groups is 2. The van der Waals surface area contributed by atoms with Crippen molar-refractivity contribution in [3.05, 3.63) is 24.0 Å². The SMILES string of the molecule is C[C@H](NC(=O)CN1C(=O)Nc2ccc(F)cc2S1(=O)=O)C1CCC(C#N)NN1. The zero-order valence-corrected chi connectivity index (χ0v) is 15.7. The summed E-state index contributed by atoms with van der Waals surface area (Å²) in [4.78, 5) is 24.1. The third-order valence-electron chi connectivity index (χ3n) is 4.62. The first kappa shape index (κ1) is 20.0. The Morgan fingerprint density at radius 1 is 1.43 bits per heavy atom. The second-order valence-corrected chi connectivity index (χ2v) is 8.42. The predicted molar refractivity (Wildman–Crippen MR) is 95.6 cm³/mol. The van der Waals surface area contributed by atoms with Crippen LogP contribution in [0.5, 0.6) is 0 Å². The summed E-state index contributed by atoms with van der Waals surface area (Å²) in [6.07, 6.45) is 1.22. The third-order valence-corrected chi connectivity index (χ3v) is 6.39. The highest BCUT2D eigenvalue weighted by molar-refractivity contribution is 7.90. The van der Waals surface area contributed by atoms with Crippen LogP contribution in [0.25, 0.3) is 0 Å². The van der Waals surface area contributed by atoms with Crippen LogP contribution in [-0.2, 0) is 14.8 Å². The molecule has 3 atom stereocenters. The van der Waals surface area contributed by atoms with Crippen molar-refractivity contribution in [3.63, 3.8) is 0 Å². The van der Waals surface area contributed by atoms with Crippen LogP contribution < -0.4 is 21.5 Å². The number of hydrogen-bond acceptors (Lipinski definition) is 7. The summed E-state index contributed by atoms with van der Waals surface area (Å²) >= 11 is 0. The van der Waals surface area contributed by atoms with Crippen molar-refractivity contribution in [1.82, 2.24) is 20.5 Å². The quantitative estimate of drug-likeness (QED) is 0.548. The third kappa shape index (κ3) is 3.91. The van der Waals surface area contributed by atoms with Crippen molar-refractivity contribution < 1.29 is 22.4 Å². The predicted octanol–water partition coefficient (Wildman–Crippen LogP) is 0.0154. The molecule has 2 unspecified atom stereocenters. The van der Waals surface area contributed by atoms with E-state index in [9.17, 15) is 22.4 Å². The molecule has 2 aliphatic heterocycles. The van der Waals surface area contributed by atoms with Gasteiger partial charge >= 0.3 is 6.03 Å². The van der Waals surface area contributed by atoms with Crippen molar-refractivity contribution >= 4 is 27.6 Å². The van der Waals surface area contributed by atoms with E-state index in [2.05, 4.69) is 27.6 Å². The maximum atomic E-state index is 13.4. The molecule has 1 aromatic carbocycles. The maximum absolute atomic E-state index is 13.4. The Balaban J connectivity index is 1.67. The lowest BCUT2D eigenvalue weighted by molar-refractivity contribution is -0.121. The summed E-state index contributed by atoms with van der Waals surface area (Å²) in [6.45, 7) is 0.981. The van der Waals surface area contributed by atoms with Crippen LogP contribution in [0.3, 0.4) is 0 Å². The molecule has 0 bridgehead atoms. The van der Waals surface area contributed by atoms with Crippen LogP contribution in [0.4, 0.5) is 14.9 Å². The van der Waals surface area contributed by atoms with E-state index in [1.54, 1.807) is 6.92 Å². The molecule has 0 aromatic heterocycles.